The van der Waals surface area contributed by atoms with Gasteiger partial charge in [0.2, 0.25) is 0 Å². The summed E-state index contributed by atoms with van der Waals surface area (Å²) in [7, 11) is 0. The fraction of sp³-hybridized carbons (Fsp3) is 1.00. The van der Waals surface area contributed by atoms with Gasteiger partial charge in [0.25, 0.3) is 0 Å². The van der Waals surface area contributed by atoms with Crippen LogP contribution in [0.2, 0.25) is 0 Å². The lowest BCUT2D eigenvalue weighted by Crippen LogP contribution is -2.21. The van der Waals surface area contributed by atoms with E-state index in [0.717, 1.165) is 6.54 Å². The molecule has 1 aliphatic heterocycles. The molecule has 8 heavy (non-hydrogen) atoms. The van der Waals surface area contributed by atoms with Gasteiger partial charge in [-0.05, 0) is 32.5 Å². The van der Waals surface area contributed by atoms with Crippen LogP contribution >= 0.6 is 0 Å². The molecule has 0 spiro atoms. The monoisotopic (exact) mass is 113 g/mol. The molecule has 0 aliphatic carbocycles. The van der Waals surface area contributed by atoms with Crippen molar-refractivity contribution in [2.24, 2.45) is 0 Å². The van der Waals surface area contributed by atoms with Crippen molar-refractivity contribution in [3.8, 4) is 0 Å². The quantitative estimate of drug-likeness (QED) is 0.527. The van der Waals surface area contributed by atoms with E-state index in [4.69, 9.17) is 5.73 Å². The highest BCUT2D eigenvalue weighted by Gasteiger charge is 2.07. The van der Waals surface area contributed by atoms with Crippen LogP contribution in [0.1, 0.15) is 12.8 Å². The second-order valence-electron chi connectivity index (χ2n) is 2.30. The zero-order valence-corrected chi connectivity index (χ0v) is 5.19. The zero-order valence-electron chi connectivity index (χ0n) is 5.19. The highest BCUT2D eigenvalue weighted by Crippen LogP contribution is 2.05. The van der Waals surface area contributed by atoms with E-state index in [0.29, 0.717) is 6.54 Å². The highest BCUT2D eigenvalue weighted by molar-refractivity contribution is 4.68. The molecule has 2 heteroatoms. The molecule has 1 heterocycles. The summed E-state index contributed by atoms with van der Waals surface area (Å²) < 4.78 is 0. The summed E-state index contributed by atoms with van der Waals surface area (Å²) in [6.45, 7) is 4.03. The summed E-state index contributed by atoms with van der Waals surface area (Å²) in [6.07, 6.45) is 2.69. The van der Waals surface area contributed by atoms with Crippen LogP contribution in [-0.2, 0) is 0 Å². The Labute approximate surface area is 50.7 Å². The Kier molecular flexibility index (Phi) is 2.30. The van der Waals surface area contributed by atoms with Crippen LogP contribution in [0.15, 0.2) is 0 Å². The molecule has 0 aromatic heterocycles. The Morgan fingerprint density at radius 2 is 1.88 bits per heavy atom. The maximum atomic E-state index is 6.93. The predicted molar refractivity (Wildman–Crippen MR) is 34.9 cm³/mol. The minimum absolute atomic E-state index is 0.569. The molecule has 0 radical (unpaired) electrons. The van der Waals surface area contributed by atoms with Gasteiger partial charge < -0.3 is 10.6 Å². The van der Waals surface area contributed by atoms with Gasteiger partial charge in [0, 0.05) is 0 Å². The van der Waals surface area contributed by atoms with E-state index in [9.17, 15) is 0 Å². The van der Waals surface area contributed by atoms with Gasteiger partial charge >= 0.3 is 0 Å². The van der Waals surface area contributed by atoms with Gasteiger partial charge in [0.1, 0.15) is 0 Å². The Morgan fingerprint density at radius 3 is 2.38 bits per heavy atom. The van der Waals surface area contributed by atoms with Crippen molar-refractivity contribution in [3.05, 3.63) is 5.73 Å². The Balaban J connectivity index is 2.06. The van der Waals surface area contributed by atoms with E-state index in [2.05, 4.69) is 4.90 Å². The summed E-state index contributed by atoms with van der Waals surface area (Å²) in [5, 5.41) is 0. The predicted octanol–water partition coefficient (Wildman–Crippen LogP) is 1.13. The molecule has 0 unspecified atom stereocenters. The lowest BCUT2D eigenvalue weighted by Gasteiger charge is -2.14. The van der Waals surface area contributed by atoms with Crippen LogP contribution < -0.4 is 0 Å². The lowest BCUT2D eigenvalue weighted by molar-refractivity contribution is 0.356. The van der Waals surface area contributed by atoms with E-state index in [1.54, 1.807) is 0 Å². The number of rotatable bonds is 2. The molecule has 2 nitrogen and oxygen atoms in total. The third-order valence-electron chi connectivity index (χ3n) is 1.63. The van der Waals surface area contributed by atoms with Crippen molar-refractivity contribution >= 4 is 0 Å². The van der Waals surface area contributed by atoms with E-state index >= 15 is 0 Å². The number of nitrogens with one attached hydrogen (secondary N) is 1. The Hall–Kier alpha value is -0.0800. The second-order valence-corrected chi connectivity index (χ2v) is 2.30. The van der Waals surface area contributed by atoms with Crippen molar-refractivity contribution in [1.29, 1.82) is 0 Å². The molecule has 1 fully saturated rings. The highest BCUT2D eigenvalue weighted by atomic mass is 15.1. The van der Waals surface area contributed by atoms with Crippen LogP contribution in [-0.4, -0.2) is 31.1 Å². The van der Waals surface area contributed by atoms with Crippen molar-refractivity contribution in [3.63, 3.8) is 0 Å². The van der Waals surface area contributed by atoms with Crippen molar-refractivity contribution in [1.82, 2.24) is 4.90 Å². The van der Waals surface area contributed by atoms with Crippen LogP contribution in [0.4, 0.5) is 0 Å². The number of nitrogens with zero attached hydrogens (tertiary/aromatic N) is 1. The maximum Gasteiger partial charge on any atom is -0.00190 e. The lowest BCUT2D eigenvalue weighted by atomic mass is 10.4. The SMILES string of the molecule is [NH-]CCN1CCCC1. The largest absolute Gasteiger partial charge is 0.676 e. The molecule has 1 saturated heterocycles. The molecule has 1 rings (SSSR count). The summed E-state index contributed by atoms with van der Waals surface area (Å²) in [5.41, 5.74) is 6.93. The average molecular weight is 113 g/mol. The molecule has 1 aliphatic rings. The minimum Gasteiger partial charge on any atom is -0.676 e. The first kappa shape index (κ1) is 6.05. The number of hydrogen-bond acceptors (Lipinski definition) is 1. The third-order valence-corrected chi connectivity index (χ3v) is 1.63. The van der Waals surface area contributed by atoms with Gasteiger partial charge in [0.05, 0.1) is 0 Å². The van der Waals surface area contributed by atoms with Crippen molar-refractivity contribution in [2.75, 3.05) is 26.2 Å². The normalized spacial score (nSPS) is 22.1. The molecule has 0 amide bonds. The van der Waals surface area contributed by atoms with E-state index in [-0.39, 0.29) is 0 Å². The van der Waals surface area contributed by atoms with E-state index < -0.39 is 0 Å². The molecule has 0 bridgehead atoms. The molecule has 0 aromatic carbocycles. The minimum atomic E-state index is 0.569. The van der Waals surface area contributed by atoms with E-state index in [1.165, 1.54) is 25.9 Å². The van der Waals surface area contributed by atoms with Crippen LogP contribution in [0.25, 0.3) is 5.73 Å². The topological polar surface area (TPSA) is 27.0 Å². The summed E-state index contributed by atoms with van der Waals surface area (Å²) in [6, 6.07) is 0. The first-order valence-electron chi connectivity index (χ1n) is 3.30. The van der Waals surface area contributed by atoms with Gasteiger partial charge in [-0.2, -0.15) is 0 Å². The van der Waals surface area contributed by atoms with Crippen LogP contribution in [0, 0.1) is 0 Å². The Bertz CT molecular complexity index is 57.5. The first-order valence-corrected chi connectivity index (χ1v) is 3.30. The smallest absolute Gasteiger partial charge is 0.00190 e. The van der Waals surface area contributed by atoms with Gasteiger partial charge in [-0.3, -0.25) is 0 Å². The second kappa shape index (κ2) is 3.05. The fourth-order valence-corrected chi connectivity index (χ4v) is 1.16. The first-order chi connectivity index (χ1) is 3.93. The maximum absolute atomic E-state index is 6.93. The average Bonchev–Trinajstić information content (AvgIpc) is 2.19. The Morgan fingerprint density at radius 1 is 1.25 bits per heavy atom. The molecule has 0 atom stereocenters. The molecule has 48 valence electrons. The van der Waals surface area contributed by atoms with Gasteiger partial charge in [-0.25, -0.2) is 0 Å². The third kappa shape index (κ3) is 1.46. The molecule has 0 saturated carbocycles. The van der Waals surface area contributed by atoms with Gasteiger partial charge in [-0.15, -0.1) is 6.54 Å². The van der Waals surface area contributed by atoms with E-state index in [1.807, 2.05) is 0 Å². The summed E-state index contributed by atoms with van der Waals surface area (Å²) in [4.78, 5) is 2.35. The summed E-state index contributed by atoms with van der Waals surface area (Å²) >= 11 is 0. The van der Waals surface area contributed by atoms with Crippen LogP contribution in [0.5, 0.6) is 0 Å². The van der Waals surface area contributed by atoms with Crippen molar-refractivity contribution < 1.29 is 0 Å². The zero-order chi connectivity index (χ0) is 5.82. The fourth-order valence-electron chi connectivity index (χ4n) is 1.16. The van der Waals surface area contributed by atoms with Crippen molar-refractivity contribution in [2.45, 2.75) is 12.8 Å². The van der Waals surface area contributed by atoms with Gasteiger partial charge in [0.15, 0.2) is 0 Å². The number of likely N-dealkylation sites (tertiary alicyclic amines) is 1. The van der Waals surface area contributed by atoms with Crippen LogP contribution in [0.3, 0.4) is 0 Å². The standard InChI is InChI=1S/C6H13N2/c7-3-6-8-4-1-2-5-8/h7H,1-6H2/q-1. The molecule has 1 N–H and O–H groups in total. The molecule has 0 aromatic rings. The molecular weight excluding hydrogens is 100 g/mol. The van der Waals surface area contributed by atoms with Gasteiger partial charge in [-0.1, -0.05) is 0 Å². The summed E-state index contributed by atoms with van der Waals surface area (Å²) in [5.74, 6) is 0. The molecular formula is C6H13N2-. The number of hydrogen-bond donors (Lipinski definition) is 0.